The van der Waals surface area contributed by atoms with Crippen LogP contribution in [0.2, 0.25) is 0 Å². The van der Waals surface area contributed by atoms with Gasteiger partial charge in [-0.05, 0) is 24.5 Å². The highest BCUT2D eigenvalue weighted by atomic mass is 19.1. The summed E-state index contributed by atoms with van der Waals surface area (Å²) in [5.74, 6) is -2.89. The van der Waals surface area contributed by atoms with Crippen molar-refractivity contribution in [2.24, 2.45) is 5.92 Å². The highest BCUT2D eigenvalue weighted by Crippen LogP contribution is 2.32. The van der Waals surface area contributed by atoms with Gasteiger partial charge < -0.3 is 5.11 Å². The van der Waals surface area contributed by atoms with Crippen LogP contribution in [0, 0.1) is 21.8 Å². The predicted molar refractivity (Wildman–Crippen MR) is 62.9 cm³/mol. The largest absolute Gasteiger partial charge is 0.481 e. The van der Waals surface area contributed by atoms with Gasteiger partial charge in [0.05, 0.1) is 10.8 Å². The van der Waals surface area contributed by atoms with Crippen LogP contribution in [0.25, 0.3) is 0 Å². The van der Waals surface area contributed by atoms with Gasteiger partial charge in [0.1, 0.15) is 5.82 Å². The summed E-state index contributed by atoms with van der Waals surface area (Å²) in [6.45, 7) is 3.61. The highest BCUT2D eigenvalue weighted by Gasteiger charge is 2.28. The maximum atomic E-state index is 13.2. The third-order valence-corrected chi connectivity index (χ3v) is 2.57. The number of nitrogens with zero attached hydrogens (tertiary/aromatic N) is 1. The van der Waals surface area contributed by atoms with Crippen molar-refractivity contribution in [3.8, 4) is 0 Å². The number of rotatable bonds is 5. The van der Waals surface area contributed by atoms with Gasteiger partial charge in [0.25, 0.3) is 5.69 Å². The molecule has 1 rings (SSSR count). The van der Waals surface area contributed by atoms with Gasteiger partial charge >= 0.3 is 5.97 Å². The zero-order valence-electron chi connectivity index (χ0n) is 10.1. The number of hydrogen-bond donors (Lipinski definition) is 1. The molecule has 5 nitrogen and oxygen atoms in total. The fourth-order valence-corrected chi connectivity index (χ4v) is 1.80. The van der Waals surface area contributed by atoms with Crippen LogP contribution in [0.1, 0.15) is 31.7 Å². The summed E-state index contributed by atoms with van der Waals surface area (Å²) in [4.78, 5) is 21.3. The topological polar surface area (TPSA) is 80.4 Å². The molecule has 0 saturated carbocycles. The number of carboxylic acid groups (broad SMARTS) is 1. The van der Waals surface area contributed by atoms with E-state index in [0.717, 1.165) is 18.2 Å². The molecule has 0 aliphatic rings. The van der Waals surface area contributed by atoms with Crippen LogP contribution >= 0.6 is 0 Å². The summed E-state index contributed by atoms with van der Waals surface area (Å²) >= 11 is 0. The number of aliphatic carboxylic acids is 1. The summed E-state index contributed by atoms with van der Waals surface area (Å²) in [6, 6.07) is 2.89. The van der Waals surface area contributed by atoms with Crippen LogP contribution in [0.5, 0.6) is 0 Å². The number of nitro groups is 1. The van der Waals surface area contributed by atoms with Crippen molar-refractivity contribution >= 4 is 11.7 Å². The van der Waals surface area contributed by atoms with Gasteiger partial charge in [0.2, 0.25) is 0 Å². The fourth-order valence-electron chi connectivity index (χ4n) is 1.80. The Kier molecular flexibility index (Phi) is 4.36. The Labute approximate surface area is 103 Å². The first-order valence-corrected chi connectivity index (χ1v) is 5.49. The van der Waals surface area contributed by atoms with Crippen LogP contribution in [0.15, 0.2) is 18.2 Å². The molecule has 0 aliphatic heterocycles. The second-order valence-corrected chi connectivity index (χ2v) is 4.48. The molecule has 0 amide bonds. The Balaban J connectivity index is 3.29. The Morgan fingerprint density at radius 1 is 1.50 bits per heavy atom. The SMILES string of the molecule is CC(C)CC(C(=O)O)c1cc(F)ccc1[N+](=O)[O-]. The molecule has 0 aromatic heterocycles. The molecule has 0 bridgehead atoms. The molecule has 18 heavy (non-hydrogen) atoms. The normalized spacial score (nSPS) is 12.4. The van der Waals surface area contributed by atoms with Crippen LogP contribution in [0.4, 0.5) is 10.1 Å². The first kappa shape index (κ1) is 14.1. The molecule has 1 N–H and O–H groups in total. The molecule has 1 aromatic carbocycles. The van der Waals surface area contributed by atoms with E-state index in [1.165, 1.54) is 0 Å². The van der Waals surface area contributed by atoms with E-state index in [2.05, 4.69) is 0 Å². The van der Waals surface area contributed by atoms with Gasteiger partial charge in [-0.15, -0.1) is 0 Å². The van der Waals surface area contributed by atoms with Crippen LogP contribution in [-0.2, 0) is 4.79 Å². The van der Waals surface area contributed by atoms with Gasteiger partial charge in [-0.25, -0.2) is 4.39 Å². The van der Waals surface area contributed by atoms with Crippen LogP contribution < -0.4 is 0 Å². The van der Waals surface area contributed by atoms with Crippen molar-refractivity contribution in [1.82, 2.24) is 0 Å². The van der Waals surface area contributed by atoms with E-state index in [9.17, 15) is 19.3 Å². The maximum absolute atomic E-state index is 13.2. The summed E-state index contributed by atoms with van der Waals surface area (Å²) in [5.41, 5.74) is -0.439. The number of benzene rings is 1. The highest BCUT2D eigenvalue weighted by molar-refractivity contribution is 5.77. The number of carbonyl (C=O) groups is 1. The lowest BCUT2D eigenvalue weighted by atomic mass is 9.89. The lowest BCUT2D eigenvalue weighted by molar-refractivity contribution is -0.385. The fraction of sp³-hybridized carbons (Fsp3) is 0.417. The summed E-state index contributed by atoms with van der Waals surface area (Å²) in [5, 5.41) is 20.0. The van der Waals surface area contributed by atoms with Gasteiger partial charge in [0, 0.05) is 11.6 Å². The average Bonchev–Trinajstić information content (AvgIpc) is 2.24. The Morgan fingerprint density at radius 2 is 2.11 bits per heavy atom. The zero-order chi connectivity index (χ0) is 13.9. The first-order chi connectivity index (χ1) is 8.32. The zero-order valence-corrected chi connectivity index (χ0v) is 10.1. The van der Waals surface area contributed by atoms with Gasteiger partial charge in [-0.1, -0.05) is 13.8 Å². The van der Waals surface area contributed by atoms with E-state index in [-0.39, 0.29) is 23.6 Å². The van der Waals surface area contributed by atoms with E-state index < -0.39 is 22.6 Å². The molecule has 0 heterocycles. The standard InChI is InChI=1S/C12H14FNO4/c1-7(2)5-10(12(15)16)9-6-8(13)3-4-11(9)14(17)18/h3-4,6-7,10H,5H2,1-2H3,(H,15,16). The van der Waals surface area contributed by atoms with E-state index in [4.69, 9.17) is 5.11 Å². The lowest BCUT2D eigenvalue weighted by Gasteiger charge is -2.15. The van der Waals surface area contributed by atoms with Gasteiger partial charge in [-0.3, -0.25) is 14.9 Å². The molecule has 0 spiro atoms. The average molecular weight is 255 g/mol. The Hall–Kier alpha value is -1.98. The Bertz CT molecular complexity index is 473. The molecule has 0 fully saturated rings. The third kappa shape index (κ3) is 3.26. The van der Waals surface area contributed by atoms with Crippen molar-refractivity contribution < 1.29 is 19.2 Å². The van der Waals surface area contributed by atoms with Crippen molar-refractivity contribution in [3.63, 3.8) is 0 Å². The number of carboxylic acids is 1. The van der Waals surface area contributed by atoms with Crippen molar-refractivity contribution in [2.45, 2.75) is 26.2 Å². The minimum absolute atomic E-state index is 0.0361. The summed E-state index contributed by atoms with van der Waals surface area (Å²) in [6.07, 6.45) is 0.222. The second kappa shape index (κ2) is 5.57. The van der Waals surface area contributed by atoms with Crippen molar-refractivity contribution in [3.05, 3.63) is 39.7 Å². The molecule has 98 valence electrons. The smallest absolute Gasteiger partial charge is 0.311 e. The summed E-state index contributed by atoms with van der Waals surface area (Å²) in [7, 11) is 0. The van der Waals surface area contributed by atoms with Gasteiger partial charge in [-0.2, -0.15) is 0 Å². The third-order valence-electron chi connectivity index (χ3n) is 2.57. The molecule has 0 radical (unpaired) electrons. The molecule has 1 atom stereocenters. The van der Waals surface area contributed by atoms with Crippen LogP contribution in [-0.4, -0.2) is 16.0 Å². The lowest BCUT2D eigenvalue weighted by Crippen LogP contribution is -2.16. The number of halogens is 1. The van der Waals surface area contributed by atoms with Crippen molar-refractivity contribution in [2.75, 3.05) is 0 Å². The Morgan fingerprint density at radius 3 is 2.56 bits per heavy atom. The van der Waals surface area contributed by atoms with E-state index in [1.54, 1.807) is 13.8 Å². The summed E-state index contributed by atoms with van der Waals surface area (Å²) < 4.78 is 13.2. The first-order valence-electron chi connectivity index (χ1n) is 5.49. The van der Waals surface area contributed by atoms with Crippen LogP contribution in [0.3, 0.4) is 0 Å². The monoisotopic (exact) mass is 255 g/mol. The molecule has 6 heteroatoms. The molecular formula is C12H14FNO4. The minimum Gasteiger partial charge on any atom is -0.481 e. The van der Waals surface area contributed by atoms with E-state index >= 15 is 0 Å². The van der Waals surface area contributed by atoms with E-state index in [1.807, 2.05) is 0 Å². The van der Waals surface area contributed by atoms with E-state index in [0.29, 0.717) is 0 Å². The van der Waals surface area contributed by atoms with Gasteiger partial charge in [0.15, 0.2) is 0 Å². The predicted octanol–water partition coefficient (Wildman–Crippen LogP) is 2.95. The molecular weight excluding hydrogens is 241 g/mol. The quantitative estimate of drug-likeness (QED) is 0.647. The number of nitro benzene ring substituents is 1. The maximum Gasteiger partial charge on any atom is 0.311 e. The molecule has 0 aliphatic carbocycles. The van der Waals surface area contributed by atoms with Crippen molar-refractivity contribution in [1.29, 1.82) is 0 Å². The molecule has 0 saturated heterocycles. The molecule has 1 unspecified atom stereocenters. The second-order valence-electron chi connectivity index (χ2n) is 4.48. The molecule has 1 aromatic rings. The number of hydrogen-bond acceptors (Lipinski definition) is 3. The minimum atomic E-state index is -1.18.